The molecule has 2 atom stereocenters. The lowest BCUT2D eigenvalue weighted by molar-refractivity contribution is 0.126. The standard InChI is InChI=1S/C13H21ClN2S/c1-10-3-4-11(2)16(8-10)6-5-13-15-12(7-14)9-17-13/h9-11H,3-8H2,1-2H3. The van der Waals surface area contributed by atoms with Crippen molar-refractivity contribution in [1.82, 2.24) is 9.88 Å². The van der Waals surface area contributed by atoms with Gasteiger partial charge in [0.15, 0.2) is 0 Å². The summed E-state index contributed by atoms with van der Waals surface area (Å²) < 4.78 is 0. The van der Waals surface area contributed by atoms with Gasteiger partial charge in [0, 0.05) is 30.9 Å². The van der Waals surface area contributed by atoms with Gasteiger partial charge >= 0.3 is 0 Å². The van der Waals surface area contributed by atoms with E-state index < -0.39 is 0 Å². The third-order valence-corrected chi connectivity index (χ3v) is 4.83. The van der Waals surface area contributed by atoms with Gasteiger partial charge in [-0.1, -0.05) is 6.92 Å². The lowest BCUT2D eigenvalue weighted by Crippen LogP contribution is -2.42. The molecule has 0 spiro atoms. The third-order valence-electron chi connectivity index (χ3n) is 3.60. The van der Waals surface area contributed by atoms with Crippen molar-refractivity contribution in [3.63, 3.8) is 0 Å². The molecule has 1 aromatic rings. The van der Waals surface area contributed by atoms with E-state index in [1.54, 1.807) is 11.3 Å². The summed E-state index contributed by atoms with van der Waals surface area (Å²) in [7, 11) is 0. The highest BCUT2D eigenvalue weighted by Gasteiger charge is 2.22. The van der Waals surface area contributed by atoms with E-state index in [0.717, 1.165) is 30.6 Å². The van der Waals surface area contributed by atoms with Crippen LogP contribution in [0, 0.1) is 5.92 Å². The van der Waals surface area contributed by atoms with Gasteiger partial charge in [-0.05, 0) is 25.7 Å². The molecule has 17 heavy (non-hydrogen) atoms. The first kappa shape index (κ1) is 13.3. The van der Waals surface area contributed by atoms with Crippen LogP contribution in [0.3, 0.4) is 0 Å². The summed E-state index contributed by atoms with van der Waals surface area (Å²) in [5, 5.41) is 3.30. The van der Waals surface area contributed by atoms with Crippen molar-refractivity contribution in [1.29, 1.82) is 0 Å². The number of nitrogens with zero attached hydrogens (tertiary/aromatic N) is 2. The molecule has 2 nitrogen and oxygen atoms in total. The average Bonchev–Trinajstić information content (AvgIpc) is 2.78. The highest BCUT2D eigenvalue weighted by atomic mass is 35.5. The minimum atomic E-state index is 0.535. The molecule has 1 aliphatic rings. The number of halogens is 1. The maximum atomic E-state index is 5.77. The zero-order valence-corrected chi connectivity index (χ0v) is 12.2. The number of hydrogen-bond acceptors (Lipinski definition) is 3. The van der Waals surface area contributed by atoms with E-state index in [-0.39, 0.29) is 0 Å². The quantitative estimate of drug-likeness (QED) is 0.780. The predicted molar refractivity (Wildman–Crippen MR) is 74.8 cm³/mol. The fraction of sp³-hybridized carbons (Fsp3) is 0.769. The van der Waals surface area contributed by atoms with Gasteiger partial charge in [0.2, 0.25) is 0 Å². The first-order chi connectivity index (χ1) is 8.19. The molecule has 1 fully saturated rings. The molecule has 0 amide bonds. The highest BCUT2D eigenvalue weighted by Crippen LogP contribution is 2.22. The maximum absolute atomic E-state index is 5.77. The van der Waals surface area contributed by atoms with Crippen LogP contribution in [-0.2, 0) is 12.3 Å². The van der Waals surface area contributed by atoms with Gasteiger partial charge in [0.05, 0.1) is 16.6 Å². The van der Waals surface area contributed by atoms with Gasteiger partial charge in [-0.3, -0.25) is 4.90 Å². The molecule has 4 heteroatoms. The van der Waals surface area contributed by atoms with Crippen molar-refractivity contribution in [3.8, 4) is 0 Å². The predicted octanol–water partition coefficient (Wildman–Crippen LogP) is 3.54. The summed E-state index contributed by atoms with van der Waals surface area (Å²) >= 11 is 7.51. The van der Waals surface area contributed by atoms with Crippen LogP contribution < -0.4 is 0 Å². The molecular formula is C13H21ClN2S. The van der Waals surface area contributed by atoms with Gasteiger partial charge in [-0.2, -0.15) is 0 Å². The van der Waals surface area contributed by atoms with Crippen LogP contribution in [0.25, 0.3) is 0 Å². The number of aromatic nitrogens is 1. The van der Waals surface area contributed by atoms with Gasteiger partial charge in [0.1, 0.15) is 0 Å². The second-order valence-electron chi connectivity index (χ2n) is 5.14. The number of piperidine rings is 1. The van der Waals surface area contributed by atoms with E-state index in [4.69, 9.17) is 11.6 Å². The Kier molecular flexibility index (Phi) is 4.83. The number of thiazole rings is 1. The molecule has 2 heterocycles. The second-order valence-corrected chi connectivity index (χ2v) is 6.35. The Bertz CT molecular complexity index is 353. The van der Waals surface area contributed by atoms with Crippen molar-refractivity contribution >= 4 is 22.9 Å². The summed E-state index contributed by atoms with van der Waals surface area (Å²) in [5.41, 5.74) is 1.02. The Morgan fingerprint density at radius 1 is 1.47 bits per heavy atom. The topological polar surface area (TPSA) is 16.1 Å². The van der Waals surface area contributed by atoms with Crippen molar-refractivity contribution in [2.45, 2.75) is 45.0 Å². The lowest BCUT2D eigenvalue weighted by Gasteiger charge is -2.36. The zero-order chi connectivity index (χ0) is 12.3. The van der Waals surface area contributed by atoms with E-state index in [2.05, 4.69) is 29.1 Å². The normalized spacial score (nSPS) is 26.3. The monoisotopic (exact) mass is 272 g/mol. The van der Waals surface area contributed by atoms with E-state index in [1.165, 1.54) is 24.4 Å². The molecule has 1 aliphatic heterocycles. The van der Waals surface area contributed by atoms with Gasteiger partial charge in [0.25, 0.3) is 0 Å². The summed E-state index contributed by atoms with van der Waals surface area (Å²) in [6.45, 7) is 7.08. The number of alkyl halides is 1. The molecule has 0 bridgehead atoms. The summed E-state index contributed by atoms with van der Waals surface area (Å²) in [6.07, 6.45) is 3.79. The van der Waals surface area contributed by atoms with Crippen molar-refractivity contribution in [3.05, 3.63) is 16.1 Å². The first-order valence-corrected chi connectivity index (χ1v) is 7.83. The minimum absolute atomic E-state index is 0.535. The van der Waals surface area contributed by atoms with Gasteiger partial charge in [-0.25, -0.2) is 4.98 Å². The Labute approximate surface area is 113 Å². The van der Waals surface area contributed by atoms with Crippen LogP contribution in [0.5, 0.6) is 0 Å². The van der Waals surface area contributed by atoms with Gasteiger partial charge in [-0.15, -0.1) is 22.9 Å². The molecule has 0 saturated carbocycles. The van der Waals surface area contributed by atoms with Crippen molar-refractivity contribution in [2.75, 3.05) is 13.1 Å². The fourth-order valence-corrected chi connectivity index (χ4v) is 3.47. The van der Waals surface area contributed by atoms with E-state index >= 15 is 0 Å². The summed E-state index contributed by atoms with van der Waals surface area (Å²) in [5.74, 6) is 1.38. The fourth-order valence-electron chi connectivity index (χ4n) is 2.46. The molecule has 0 radical (unpaired) electrons. The van der Waals surface area contributed by atoms with Crippen LogP contribution in [0.15, 0.2) is 5.38 Å². The molecule has 1 aromatic heterocycles. The van der Waals surface area contributed by atoms with Crippen LogP contribution in [0.4, 0.5) is 0 Å². The molecule has 0 aliphatic carbocycles. The summed E-state index contributed by atoms with van der Waals surface area (Å²) in [4.78, 5) is 7.12. The summed E-state index contributed by atoms with van der Waals surface area (Å²) in [6, 6.07) is 0.735. The van der Waals surface area contributed by atoms with Crippen LogP contribution >= 0.6 is 22.9 Å². The Hall–Kier alpha value is -0.120. The largest absolute Gasteiger partial charge is 0.300 e. The van der Waals surface area contributed by atoms with E-state index in [0.29, 0.717) is 5.88 Å². The molecule has 96 valence electrons. The van der Waals surface area contributed by atoms with E-state index in [9.17, 15) is 0 Å². The molecule has 1 saturated heterocycles. The smallest absolute Gasteiger partial charge is 0.0941 e. The Morgan fingerprint density at radius 2 is 2.29 bits per heavy atom. The average molecular weight is 273 g/mol. The number of likely N-dealkylation sites (tertiary alicyclic amines) is 1. The lowest BCUT2D eigenvalue weighted by atomic mass is 9.95. The van der Waals surface area contributed by atoms with Gasteiger partial charge < -0.3 is 0 Å². The molecule has 0 aromatic carbocycles. The highest BCUT2D eigenvalue weighted by molar-refractivity contribution is 7.09. The van der Waals surface area contributed by atoms with Crippen molar-refractivity contribution in [2.24, 2.45) is 5.92 Å². The Morgan fingerprint density at radius 3 is 3.00 bits per heavy atom. The first-order valence-electron chi connectivity index (χ1n) is 6.42. The Balaban J connectivity index is 1.84. The van der Waals surface area contributed by atoms with Crippen LogP contribution in [0.2, 0.25) is 0 Å². The molecule has 2 unspecified atom stereocenters. The second kappa shape index (κ2) is 6.17. The third kappa shape index (κ3) is 3.67. The SMILES string of the molecule is CC1CCC(C)N(CCc2nc(CCl)cs2)C1. The zero-order valence-electron chi connectivity index (χ0n) is 10.7. The molecule has 2 rings (SSSR count). The van der Waals surface area contributed by atoms with Crippen LogP contribution in [0.1, 0.15) is 37.4 Å². The number of rotatable bonds is 4. The minimum Gasteiger partial charge on any atom is -0.300 e. The van der Waals surface area contributed by atoms with Crippen molar-refractivity contribution < 1.29 is 0 Å². The molecular weight excluding hydrogens is 252 g/mol. The maximum Gasteiger partial charge on any atom is 0.0941 e. The van der Waals surface area contributed by atoms with E-state index in [1.807, 2.05) is 0 Å². The molecule has 0 N–H and O–H groups in total. The number of hydrogen-bond donors (Lipinski definition) is 0. The van der Waals surface area contributed by atoms with Crippen LogP contribution in [-0.4, -0.2) is 29.0 Å².